The molecule has 1 aliphatic carbocycles. The van der Waals surface area contributed by atoms with E-state index in [4.69, 9.17) is 5.84 Å². The molecule has 1 unspecified atom stereocenters. The molecule has 7 heteroatoms. The van der Waals surface area contributed by atoms with Gasteiger partial charge < -0.3 is 10.2 Å². The van der Waals surface area contributed by atoms with Crippen LogP contribution in [-0.4, -0.2) is 46.4 Å². The van der Waals surface area contributed by atoms with Gasteiger partial charge in [0, 0.05) is 25.6 Å². The van der Waals surface area contributed by atoms with Gasteiger partial charge in [0.15, 0.2) is 0 Å². The topological polar surface area (TPSA) is 61.6 Å². The second kappa shape index (κ2) is 14.6. The molecule has 1 aliphatic heterocycles. The Hall–Kier alpha value is -3.71. The van der Waals surface area contributed by atoms with Gasteiger partial charge in [0.05, 0.1) is 17.2 Å². The fourth-order valence-electron chi connectivity index (χ4n) is 5.64. The Kier molecular flexibility index (Phi) is 11.6. The fourth-order valence-corrected chi connectivity index (χ4v) is 5.64. The van der Waals surface area contributed by atoms with Gasteiger partial charge in [-0.05, 0) is 74.6 Å². The number of nitrogens with one attached hydrogen (secondary N) is 1. The van der Waals surface area contributed by atoms with Crippen LogP contribution >= 0.6 is 0 Å². The monoisotopic (exact) mass is 618 g/mol. The van der Waals surface area contributed by atoms with Gasteiger partial charge in [-0.2, -0.15) is 0 Å². The summed E-state index contributed by atoms with van der Waals surface area (Å²) in [5.74, 6) is 4.14. The van der Waals surface area contributed by atoms with E-state index in [0.717, 1.165) is 30.1 Å². The van der Waals surface area contributed by atoms with E-state index in [1.807, 2.05) is 25.2 Å². The van der Waals surface area contributed by atoms with E-state index < -0.39 is 11.5 Å². The first-order valence-corrected chi connectivity index (χ1v) is 15.8. The van der Waals surface area contributed by atoms with E-state index in [2.05, 4.69) is 70.8 Å². The van der Waals surface area contributed by atoms with Crippen molar-refractivity contribution >= 4 is 5.91 Å². The maximum absolute atomic E-state index is 14.3. The highest BCUT2D eigenvalue weighted by Gasteiger charge is 2.38. The Balaban J connectivity index is 1.99. The quantitative estimate of drug-likeness (QED) is 0.158. The average molecular weight is 619 g/mol. The third-order valence-corrected chi connectivity index (χ3v) is 8.51. The lowest BCUT2D eigenvalue weighted by atomic mass is 9.86. The molecule has 0 spiro atoms. The van der Waals surface area contributed by atoms with Crippen molar-refractivity contribution in [1.29, 1.82) is 0 Å². The number of hydrogen-bond acceptors (Lipinski definition) is 4. The predicted molar refractivity (Wildman–Crippen MR) is 183 cm³/mol. The van der Waals surface area contributed by atoms with Gasteiger partial charge in [-0.15, -0.1) is 0 Å². The number of carbonyl (C=O) groups excluding carboxylic acids is 1. The number of rotatable bonds is 10. The molecular weight excluding hydrogens is 566 g/mol. The van der Waals surface area contributed by atoms with Gasteiger partial charge in [0.2, 0.25) is 0 Å². The molecule has 1 saturated heterocycles. The third kappa shape index (κ3) is 9.40. The highest BCUT2D eigenvalue weighted by Crippen LogP contribution is 2.32. The van der Waals surface area contributed by atoms with E-state index in [1.165, 1.54) is 17.7 Å². The molecule has 3 N–H and O–H groups in total. The molecule has 1 amide bonds. The number of hydrazine groups is 1. The number of hydrogen-bond donors (Lipinski definition) is 2. The lowest BCUT2D eigenvalue weighted by Gasteiger charge is -2.47. The first kappa shape index (κ1) is 35.8. The molecule has 0 bridgehead atoms. The Morgan fingerprint density at radius 2 is 1.84 bits per heavy atom. The molecule has 1 heterocycles. The van der Waals surface area contributed by atoms with Crippen LogP contribution < -0.4 is 11.2 Å². The molecule has 0 aromatic heterocycles. The highest BCUT2D eigenvalue weighted by atomic mass is 19.3. The summed E-state index contributed by atoms with van der Waals surface area (Å²) in [6.07, 6.45) is 16.0. The number of nitrogens with zero attached hydrogens (tertiary/aromatic N) is 2. The Labute approximate surface area is 269 Å². The number of amides is 1. The fraction of sp³-hybridized carbons (Fsp3) is 0.447. The van der Waals surface area contributed by atoms with Crippen LogP contribution in [0.15, 0.2) is 108 Å². The SMILES string of the molecule is C=C/C=C(\C=C/C)C1CC(C)(C)N(N)/C(=C(\C)C(=O)N(CCc2ccc(C(C)(C)C)cc2)CC2=CC=C(C(C)(F)F)C=CC2)N1. The number of nitrogens with two attached hydrogens (primary N) is 1. The maximum atomic E-state index is 14.3. The largest absolute Gasteiger partial charge is 0.363 e. The molecule has 1 atom stereocenters. The van der Waals surface area contributed by atoms with Crippen LogP contribution in [-0.2, 0) is 16.6 Å². The van der Waals surface area contributed by atoms with Crippen molar-refractivity contribution in [2.24, 2.45) is 5.84 Å². The van der Waals surface area contributed by atoms with E-state index in [-0.39, 0.29) is 22.9 Å². The minimum absolute atomic E-state index is 0.0458. The summed E-state index contributed by atoms with van der Waals surface area (Å²) >= 11 is 0. The standard InChI is InChI=1S/C38H52F2N4O/c1-10-13-30(14-11-2)33-25-37(7,8)44(41)34(42-33)27(3)35(45)43(24-23-28-17-20-31(21-18-28)36(4,5)6)26-29-15-12-16-32(22-19-29)38(9,39)40/h10-14,16-22,33,42H,1,15,23-26,41H2,2-9H3/b14-11-,30-13+,34-27+. The Morgan fingerprint density at radius 1 is 1.18 bits per heavy atom. The Morgan fingerprint density at radius 3 is 2.42 bits per heavy atom. The molecule has 5 nitrogen and oxygen atoms in total. The molecule has 0 saturated carbocycles. The van der Waals surface area contributed by atoms with Gasteiger partial charge in [0.25, 0.3) is 11.8 Å². The van der Waals surface area contributed by atoms with Crippen molar-refractivity contribution in [2.75, 3.05) is 13.1 Å². The number of benzene rings is 1. The highest BCUT2D eigenvalue weighted by molar-refractivity contribution is 5.93. The number of halogens is 2. The van der Waals surface area contributed by atoms with Crippen molar-refractivity contribution in [3.63, 3.8) is 0 Å². The van der Waals surface area contributed by atoms with Crippen LogP contribution in [0.2, 0.25) is 0 Å². The smallest absolute Gasteiger partial charge is 0.270 e. The zero-order valence-corrected chi connectivity index (χ0v) is 28.4. The lowest BCUT2D eigenvalue weighted by molar-refractivity contribution is -0.127. The molecule has 1 fully saturated rings. The van der Waals surface area contributed by atoms with Gasteiger partial charge in [-0.25, -0.2) is 14.6 Å². The first-order valence-electron chi connectivity index (χ1n) is 15.8. The van der Waals surface area contributed by atoms with Crippen molar-refractivity contribution < 1.29 is 13.6 Å². The number of alkyl halides is 2. The van der Waals surface area contributed by atoms with E-state index in [1.54, 1.807) is 35.1 Å². The van der Waals surface area contributed by atoms with Gasteiger partial charge in [0.1, 0.15) is 5.82 Å². The normalized spacial score (nSPS) is 20.3. The molecule has 1 aromatic carbocycles. The van der Waals surface area contributed by atoms with Crippen molar-refractivity contribution in [3.05, 3.63) is 119 Å². The number of allylic oxidation sites excluding steroid dienone is 8. The second-order valence-electron chi connectivity index (χ2n) is 13.8. The van der Waals surface area contributed by atoms with Gasteiger partial charge in [-0.3, -0.25) is 9.80 Å². The van der Waals surface area contributed by atoms with E-state index in [9.17, 15) is 13.6 Å². The van der Waals surface area contributed by atoms with Gasteiger partial charge >= 0.3 is 0 Å². The summed E-state index contributed by atoms with van der Waals surface area (Å²) in [4.78, 5) is 16.1. The van der Waals surface area contributed by atoms with Crippen LogP contribution in [0.3, 0.4) is 0 Å². The zero-order chi connectivity index (χ0) is 33.6. The van der Waals surface area contributed by atoms with E-state index in [0.29, 0.717) is 37.3 Å². The second-order valence-corrected chi connectivity index (χ2v) is 13.8. The first-order chi connectivity index (χ1) is 21.0. The molecule has 244 valence electrons. The van der Waals surface area contributed by atoms with Crippen molar-refractivity contribution in [2.45, 2.75) is 97.6 Å². The van der Waals surface area contributed by atoms with E-state index >= 15 is 0 Å². The number of carbonyl (C=O) groups is 1. The molecule has 3 rings (SSSR count). The molecule has 0 radical (unpaired) electrons. The van der Waals surface area contributed by atoms with Crippen LogP contribution in [0.25, 0.3) is 0 Å². The zero-order valence-electron chi connectivity index (χ0n) is 28.4. The molecule has 2 aliphatic rings. The van der Waals surface area contributed by atoms with Crippen LogP contribution in [0, 0.1) is 0 Å². The minimum Gasteiger partial charge on any atom is -0.363 e. The van der Waals surface area contributed by atoms with Crippen molar-refractivity contribution in [3.8, 4) is 0 Å². The third-order valence-electron chi connectivity index (χ3n) is 8.51. The maximum Gasteiger partial charge on any atom is 0.270 e. The predicted octanol–water partition coefficient (Wildman–Crippen LogP) is 8.06. The minimum atomic E-state index is -2.94. The molecular formula is C38H52F2N4O. The summed E-state index contributed by atoms with van der Waals surface area (Å²) in [6.45, 7) is 20.0. The molecule has 45 heavy (non-hydrogen) atoms. The van der Waals surface area contributed by atoms with Crippen LogP contribution in [0.5, 0.6) is 0 Å². The summed E-state index contributed by atoms with van der Waals surface area (Å²) in [6, 6.07) is 8.45. The lowest BCUT2D eigenvalue weighted by Crippen LogP contribution is -2.61. The Bertz CT molecular complexity index is 1410. The summed E-state index contributed by atoms with van der Waals surface area (Å²) in [5, 5.41) is 5.20. The van der Waals surface area contributed by atoms with Crippen LogP contribution in [0.1, 0.15) is 79.4 Å². The molecule has 1 aromatic rings. The summed E-state index contributed by atoms with van der Waals surface area (Å²) < 4.78 is 28.1. The average Bonchev–Trinajstić information content (AvgIpc) is 3.21. The van der Waals surface area contributed by atoms with Crippen molar-refractivity contribution in [1.82, 2.24) is 15.2 Å². The summed E-state index contributed by atoms with van der Waals surface area (Å²) in [7, 11) is 0. The van der Waals surface area contributed by atoms with Gasteiger partial charge in [-0.1, -0.05) is 100 Å². The summed E-state index contributed by atoms with van der Waals surface area (Å²) in [5.41, 5.74) is 4.36. The van der Waals surface area contributed by atoms with Crippen LogP contribution in [0.4, 0.5) is 8.78 Å².